The zero-order chi connectivity index (χ0) is 24.0. The molecule has 0 bridgehead atoms. The summed E-state index contributed by atoms with van der Waals surface area (Å²) < 4.78 is 55.8. The van der Waals surface area contributed by atoms with Gasteiger partial charge in [0, 0.05) is 54.4 Å². The molecule has 0 saturated heterocycles. The molecular formula is C23H19F4N7. The van der Waals surface area contributed by atoms with Crippen LogP contribution in [0.1, 0.15) is 18.2 Å². The van der Waals surface area contributed by atoms with Gasteiger partial charge < -0.3 is 16.0 Å². The number of fused-ring (bicyclic) bond motifs is 3. The monoisotopic (exact) mass is 469 g/mol. The Morgan fingerprint density at radius 2 is 1.97 bits per heavy atom. The average molecular weight is 469 g/mol. The zero-order valence-corrected chi connectivity index (χ0v) is 17.9. The summed E-state index contributed by atoms with van der Waals surface area (Å²) in [7, 11) is 0. The van der Waals surface area contributed by atoms with Gasteiger partial charge in [0.2, 0.25) is 0 Å². The Labute approximate surface area is 190 Å². The van der Waals surface area contributed by atoms with E-state index >= 15 is 0 Å². The van der Waals surface area contributed by atoms with E-state index in [0.717, 1.165) is 16.3 Å². The van der Waals surface area contributed by atoms with E-state index in [4.69, 9.17) is 5.73 Å². The van der Waals surface area contributed by atoms with Crippen molar-refractivity contribution in [3.05, 3.63) is 66.1 Å². The lowest BCUT2D eigenvalue weighted by Gasteiger charge is -2.13. The number of pyridine rings is 2. The molecular weight excluding hydrogens is 450 g/mol. The molecule has 0 saturated carbocycles. The van der Waals surface area contributed by atoms with Crippen LogP contribution in [-0.2, 0) is 12.7 Å². The zero-order valence-electron chi connectivity index (χ0n) is 17.9. The van der Waals surface area contributed by atoms with Crippen molar-refractivity contribution in [2.24, 2.45) is 5.73 Å². The van der Waals surface area contributed by atoms with Gasteiger partial charge in [-0.05, 0) is 36.8 Å². The predicted octanol–water partition coefficient (Wildman–Crippen LogP) is 5.01. The van der Waals surface area contributed by atoms with Gasteiger partial charge in [-0.1, -0.05) is 0 Å². The first-order valence-electron chi connectivity index (χ1n) is 10.5. The lowest BCUT2D eigenvalue weighted by Crippen LogP contribution is -2.08. The molecule has 0 atom stereocenters. The molecule has 5 aromatic rings. The van der Waals surface area contributed by atoms with Crippen molar-refractivity contribution in [3.8, 4) is 16.8 Å². The highest BCUT2D eigenvalue weighted by Crippen LogP contribution is 2.39. The molecule has 0 aliphatic carbocycles. The van der Waals surface area contributed by atoms with Gasteiger partial charge in [0.05, 0.1) is 22.3 Å². The Morgan fingerprint density at radius 1 is 1.15 bits per heavy atom. The number of hydrogen-bond donors (Lipinski definition) is 3. The van der Waals surface area contributed by atoms with Crippen molar-refractivity contribution < 1.29 is 17.6 Å². The SMILES string of the molecule is CCNc1cc(F)cc2c1[nH]c1ncc(-c3cncc(CN)c3)c(-n3ccc(C(F)(F)F)n3)c12. The van der Waals surface area contributed by atoms with E-state index in [1.807, 2.05) is 6.92 Å². The smallest absolute Gasteiger partial charge is 0.384 e. The van der Waals surface area contributed by atoms with Crippen molar-refractivity contribution in [2.75, 3.05) is 11.9 Å². The summed E-state index contributed by atoms with van der Waals surface area (Å²) in [5.74, 6) is -0.496. The fraction of sp³-hybridized carbons (Fsp3) is 0.174. The molecule has 1 aromatic carbocycles. The van der Waals surface area contributed by atoms with E-state index in [-0.39, 0.29) is 6.54 Å². The first kappa shape index (κ1) is 21.8. The number of halogens is 4. The molecule has 7 nitrogen and oxygen atoms in total. The molecule has 0 unspecified atom stereocenters. The standard InChI is InChI=1S/C23H19F4N7/c1-2-30-17-7-14(24)6-15-19-21(34-4-3-18(33-34)23(25,26)27)16(11-31-22(19)32-20(15)17)13-5-12(8-28)9-29-10-13/h3-7,9-11,30H,2,8,28H2,1H3,(H,31,32). The summed E-state index contributed by atoms with van der Waals surface area (Å²) in [5.41, 5.74) is 8.31. The van der Waals surface area contributed by atoms with Crippen LogP contribution in [0.2, 0.25) is 0 Å². The maximum absolute atomic E-state index is 14.6. The third kappa shape index (κ3) is 3.63. The number of nitrogens with two attached hydrogens (primary N) is 1. The van der Waals surface area contributed by atoms with E-state index in [1.54, 1.807) is 18.5 Å². The molecule has 0 spiro atoms. The third-order valence-electron chi connectivity index (χ3n) is 5.48. The van der Waals surface area contributed by atoms with Gasteiger partial charge in [-0.25, -0.2) is 14.1 Å². The van der Waals surface area contributed by atoms with Crippen molar-refractivity contribution >= 4 is 27.6 Å². The van der Waals surface area contributed by atoms with E-state index in [2.05, 4.69) is 25.4 Å². The molecule has 11 heteroatoms. The number of H-pyrrole nitrogens is 1. The number of benzene rings is 1. The minimum absolute atomic E-state index is 0.232. The summed E-state index contributed by atoms with van der Waals surface area (Å²) >= 11 is 0. The minimum Gasteiger partial charge on any atom is -0.384 e. The Balaban J connectivity index is 1.89. The Morgan fingerprint density at radius 3 is 2.68 bits per heavy atom. The molecule has 5 rings (SSSR count). The predicted molar refractivity (Wildman–Crippen MR) is 121 cm³/mol. The Hall–Kier alpha value is -3.99. The summed E-state index contributed by atoms with van der Waals surface area (Å²) in [5, 5.41) is 7.79. The molecule has 4 aromatic heterocycles. The second-order valence-electron chi connectivity index (χ2n) is 7.70. The first-order chi connectivity index (χ1) is 16.3. The molecule has 34 heavy (non-hydrogen) atoms. The number of hydrogen-bond acceptors (Lipinski definition) is 5. The van der Waals surface area contributed by atoms with E-state index in [9.17, 15) is 17.6 Å². The van der Waals surface area contributed by atoms with Gasteiger partial charge in [0.15, 0.2) is 5.69 Å². The van der Waals surface area contributed by atoms with Crippen LogP contribution in [0.5, 0.6) is 0 Å². The summed E-state index contributed by atoms with van der Waals surface area (Å²) in [6, 6.07) is 5.36. The van der Waals surface area contributed by atoms with Crippen molar-refractivity contribution in [1.29, 1.82) is 0 Å². The van der Waals surface area contributed by atoms with Crippen LogP contribution in [-0.4, -0.2) is 31.3 Å². The molecule has 0 aliphatic heterocycles. The summed E-state index contributed by atoms with van der Waals surface area (Å²) in [6.07, 6.45) is 1.31. The van der Waals surface area contributed by atoms with Crippen LogP contribution in [0.3, 0.4) is 0 Å². The lowest BCUT2D eigenvalue weighted by atomic mass is 10.0. The largest absolute Gasteiger partial charge is 0.435 e. The fourth-order valence-electron chi connectivity index (χ4n) is 4.03. The number of aromatic amines is 1. The van der Waals surface area contributed by atoms with Crippen LogP contribution >= 0.6 is 0 Å². The molecule has 4 N–H and O–H groups in total. The van der Waals surface area contributed by atoms with Crippen LogP contribution in [0, 0.1) is 5.82 Å². The number of nitrogens with one attached hydrogen (secondary N) is 2. The molecule has 4 heterocycles. The molecule has 174 valence electrons. The highest BCUT2D eigenvalue weighted by Gasteiger charge is 2.34. The second kappa shape index (κ2) is 8.10. The second-order valence-corrected chi connectivity index (χ2v) is 7.70. The van der Waals surface area contributed by atoms with Gasteiger partial charge in [-0.15, -0.1) is 0 Å². The molecule has 0 radical (unpaired) electrons. The van der Waals surface area contributed by atoms with Crippen molar-refractivity contribution in [1.82, 2.24) is 24.7 Å². The van der Waals surface area contributed by atoms with Crippen LogP contribution < -0.4 is 11.1 Å². The highest BCUT2D eigenvalue weighted by atomic mass is 19.4. The number of aromatic nitrogens is 5. The maximum atomic E-state index is 14.6. The maximum Gasteiger partial charge on any atom is 0.435 e. The van der Waals surface area contributed by atoms with Crippen molar-refractivity contribution in [2.45, 2.75) is 19.6 Å². The van der Waals surface area contributed by atoms with E-state index in [0.29, 0.717) is 51.0 Å². The lowest BCUT2D eigenvalue weighted by molar-refractivity contribution is -0.141. The quantitative estimate of drug-likeness (QED) is 0.314. The summed E-state index contributed by atoms with van der Waals surface area (Å²) in [6.45, 7) is 2.66. The Kier molecular flexibility index (Phi) is 5.20. The van der Waals surface area contributed by atoms with Gasteiger partial charge in [0.1, 0.15) is 11.5 Å². The number of rotatable bonds is 5. The molecule has 0 amide bonds. The Bertz CT molecular complexity index is 1520. The summed E-state index contributed by atoms with van der Waals surface area (Å²) in [4.78, 5) is 11.9. The van der Waals surface area contributed by atoms with Gasteiger partial charge in [0.25, 0.3) is 0 Å². The van der Waals surface area contributed by atoms with E-state index < -0.39 is 17.7 Å². The number of anilines is 1. The molecule has 0 fully saturated rings. The van der Waals surface area contributed by atoms with Crippen molar-refractivity contribution in [3.63, 3.8) is 0 Å². The van der Waals surface area contributed by atoms with Crippen LogP contribution in [0.25, 0.3) is 38.8 Å². The van der Waals surface area contributed by atoms with Gasteiger partial charge in [-0.2, -0.15) is 18.3 Å². The number of alkyl halides is 3. The highest BCUT2D eigenvalue weighted by molar-refractivity contribution is 6.15. The minimum atomic E-state index is -4.62. The average Bonchev–Trinajstić information content (AvgIpc) is 3.44. The third-order valence-corrected chi connectivity index (χ3v) is 5.48. The number of nitrogens with zero attached hydrogens (tertiary/aromatic N) is 4. The normalized spacial score (nSPS) is 12.1. The van der Waals surface area contributed by atoms with Crippen LogP contribution in [0.4, 0.5) is 23.2 Å². The first-order valence-corrected chi connectivity index (χ1v) is 10.5. The van der Waals surface area contributed by atoms with Crippen LogP contribution in [0.15, 0.2) is 49.1 Å². The van der Waals surface area contributed by atoms with E-state index in [1.165, 1.54) is 24.5 Å². The fourth-order valence-corrected chi connectivity index (χ4v) is 4.03. The van der Waals surface area contributed by atoms with Gasteiger partial charge >= 0.3 is 6.18 Å². The molecule has 0 aliphatic rings. The van der Waals surface area contributed by atoms with Gasteiger partial charge in [-0.3, -0.25) is 4.98 Å². The topological polar surface area (TPSA) is 97.4 Å².